The number of hydrogen-bond acceptors (Lipinski definition) is 4. The van der Waals surface area contributed by atoms with E-state index in [1.54, 1.807) is 6.92 Å². The van der Waals surface area contributed by atoms with Gasteiger partial charge in [0.1, 0.15) is 0 Å². The van der Waals surface area contributed by atoms with Gasteiger partial charge in [0, 0.05) is 0 Å². The van der Waals surface area contributed by atoms with Crippen LogP contribution in [0.5, 0.6) is 0 Å². The monoisotopic (exact) mass is 190 g/mol. The maximum Gasteiger partial charge on any atom is 0.345 e. The fraction of sp³-hybridized carbons (Fsp3) is 0.750. The summed E-state index contributed by atoms with van der Waals surface area (Å²) in [6.07, 6.45) is -1.87. The summed E-state index contributed by atoms with van der Waals surface area (Å²) >= 11 is 0. The smallest absolute Gasteiger partial charge is 0.345 e. The molecule has 0 aliphatic rings. The number of carboxylic acid groups (broad SMARTS) is 1. The molecule has 13 heavy (non-hydrogen) atoms. The van der Waals surface area contributed by atoms with Crippen molar-refractivity contribution in [2.75, 3.05) is 0 Å². The average Bonchev–Trinajstić information content (AvgIpc) is 1.98. The molecule has 0 unspecified atom stereocenters. The summed E-state index contributed by atoms with van der Waals surface area (Å²) in [6.45, 7) is 3.04. The number of carboxylic acids is 1. The predicted molar refractivity (Wildman–Crippen MR) is 44.1 cm³/mol. The van der Waals surface area contributed by atoms with E-state index in [-0.39, 0.29) is 12.8 Å². The van der Waals surface area contributed by atoms with Crippen LogP contribution in [-0.4, -0.2) is 34.4 Å². The number of aliphatic hydroxyl groups is 1. The van der Waals surface area contributed by atoms with Gasteiger partial charge in [0.25, 0.3) is 0 Å². The van der Waals surface area contributed by atoms with Gasteiger partial charge in [-0.05, 0) is 13.3 Å². The van der Waals surface area contributed by atoms with Crippen LogP contribution in [0.1, 0.15) is 26.7 Å². The summed E-state index contributed by atoms with van der Waals surface area (Å²) in [5.41, 5.74) is 0. The molecule has 0 aromatic carbocycles. The Kier molecular flexibility index (Phi) is 5.06. The van der Waals surface area contributed by atoms with Crippen LogP contribution in [0.3, 0.4) is 0 Å². The molecule has 0 fully saturated rings. The third-order valence-electron chi connectivity index (χ3n) is 1.38. The van der Waals surface area contributed by atoms with Crippen LogP contribution in [0.4, 0.5) is 0 Å². The van der Waals surface area contributed by atoms with E-state index in [0.717, 1.165) is 0 Å². The average molecular weight is 190 g/mol. The van der Waals surface area contributed by atoms with Crippen molar-refractivity contribution in [3.8, 4) is 0 Å². The molecular formula is C8H14O5. The van der Waals surface area contributed by atoms with Gasteiger partial charge in [-0.2, -0.15) is 0 Å². The second-order valence-corrected chi connectivity index (χ2v) is 2.78. The minimum Gasteiger partial charge on any atom is -0.479 e. The first-order chi connectivity index (χ1) is 5.97. The molecule has 0 aromatic heterocycles. The van der Waals surface area contributed by atoms with Gasteiger partial charge in [0.2, 0.25) is 0 Å². The van der Waals surface area contributed by atoms with Crippen LogP contribution < -0.4 is 0 Å². The third kappa shape index (κ3) is 5.19. The Morgan fingerprint density at radius 3 is 2.31 bits per heavy atom. The maximum atomic E-state index is 10.9. The number of hydrogen-bond donors (Lipinski definition) is 2. The van der Waals surface area contributed by atoms with Crippen molar-refractivity contribution < 1.29 is 24.5 Å². The summed E-state index contributed by atoms with van der Waals surface area (Å²) in [7, 11) is 0. The lowest BCUT2D eigenvalue weighted by Crippen LogP contribution is -2.27. The highest BCUT2D eigenvalue weighted by atomic mass is 16.6. The zero-order chi connectivity index (χ0) is 10.4. The molecule has 0 bridgehead atoms. The van der Waals surface area contributed by atoms with E-state index in [2.05, 4.69) is 4.74 Å². The largest absolute Gasteiger partial charge is 0.479 e. The van der Waals surface area contributed by atoms with Gasteiger partial charge < -0.3 is 14.9 Å². The standard InChI is InChI=1S/C8H14O5/c1-3-6(8(11)12)13-7(10)4-5(2)9/h5-6,9H,3-4H2,1-2H3,(H,11,12)/t5-,6-/m1/s1. The zero-order valence-electron chi connectivity index (χ0n) is 7.69. The fourth-order valence-electron chi connectivity index (χ4n) is 0.756. The number of aliphatic hydroxyl groups excluding tert-OH is 1. The molecule has 0 amide bonds. The molecule has 2 N–H and O–H groups in total. The summed E-state index contributed by atoms with van der Waals surface area (Å²) in [6, 6.07) is 0. The minimum atomic E-state index is -1.17. The normalized spacial score (nSPS) is 14.7. The van der Waals surface area contributed by atoms with Gasteiger partial charge >= 0.3 is 11.9 Å². The Hall–Kier alpha value is -1.10. The Bertz CT molecular complexity index is 187. The van der Waals surface area contributed by atoms with Crippen LogP contribution in [0, 0.1) is 0 Å². The van der Waals surface area contributed by atoms with Crippen molar-refractivity contribution in [3.63, 3.8) is 0 Å². The number of aliphatic carboxylic acids is 1. The lowest BCUT2D eigenvalue weighted by atomic mass is 10.2. The Balaban J connectivity index is 3.94. The van der Waals surface area contributed by atoms with Crippen LogP contribution in [0.25, 0.3) is 0 Å². The zero-order valence-corrected chi connectivity index (χ0v) is 7.69. The Morgan fingerprint density at radius 1 is 1.46 bits per heavy atom. The van der Waals surface area contributed by atoms with Gasteiger partial charge in [0.05, 0.1) is 12.5 Å². The van der Waals surface area contributed by atoms with Crippen molar-refractivity contribution in [2.45, 2.75) is 38.9 Å². The van der Waals surface area contributed by atoms with E-state index in [0.29, 0.717) is 0 Å². The summed E-state index contributed by atoms with van der Waals surface area (Å²) in [5.74, 6) is -1.86. The van der Waals surface area contributed by atoms with Crippen LogP contribution in [0.2, 0.25) is 0 Å². The summed E-state index contributed by atoms with van der Waals surface area (Å²) in [4.78, 5) is 21.3. The molecule has 0 saturated carbocycles. The molecule has 0 rings (SSSR count). The SMILES string of the molecule is CC[C@@H](OC(=O)C[C@@H](C)O)C(=O)O. The molecule has 0 aliphatic carbocycles. The maximum absolute atomic E-state index is 10.9. The molecule has 0 spiro atoms. The van der Waals surface area contributed by atoms with E-state index in [1.165, 1.54) is 6.92 Å². The number of esters is 1. The van der Waals surface area contributed by atoms with E-state index >= 15 is 0 Å². The van der Waals surface area contributed by atoms with E-state index in [9.17, 15) is 9.59 Å². The highest BCUT2D eigenvalue weighted by molar-refractivity contribution is 5.78. The summed E-state index contributed by atoms with van der Waals surface area (Å²) in [5, 5.41) is 17.3. The Labute approximate surface area is 76.3 Å². The predicted octanol–water partition coefficient (Wildman–Crippen LogP) is 0.164. The molecule has 0 radical (unpaired) electrons. The number of carbonyl (C=O) groups is 2. The molecule has 76 valence electrons. The number of carbonyl (C=O) groups excluding carboxylic acids is 1. The van der Waals surface area contributed by atoms with Crippen LogP contribution >= 0.6 is 0 Å². The molecule has 0 heterocycles. The second kappa shape index (κ2) is 5.53. The fourth-order valence-corrected chi connectivity index (χ4v) is 0.756. The Morgan fingerprint density at radius 2 is 2.00 bits per heavy atom. The lowest BCUT2D eigenvalue weighted by Gasteiger charge is -2.11. The summed E-state index contributed by atoms with van der Waals surface area (Å²) < 4.78 is 4.57. The number of rotatable bonds is 5. The first-order valence-electron chi connectivity index (χ1n) is 4.07. The molecule has 5 heteroatoms. The highest BCUT2D eigenvalue weighted by Crippen LogP contribution is 2.02. The van der Waals surface area contributed by atoms with E-state index in [1.807, 2.05) is 0 Å². The first kappa shape index (κ1) is 11.9. The van der Waals surface area contributed by atoms with Gasteiger partial charge in [-0.3, -0.25) is 4.79 Å². The van der Waals surface area contributed by atoms with E-state index in [4.69, 9.17) is 10.2 Å². The first-order valence-corrected chi connectivity index (χ1v) is 4.07. The molecule has 0 aromatic rings. The second-order valence-electron chi connectivity index (χ2n) is 2.78. The molecule has 0 aliphatic heterocycles. The van der Waals surface area contributed by atoms with E-state index < -0.39 is 24.1 Å². The van der Waals surface area contributed by atoms with Crippen LogP contribution in [-0.2, 0) is 14.3 Å². The highest BCUT2D eigenvalue weighted by Gasteiger charge is 2.20. The third-order valence-corrected chi connectivity index (χ3v) is 1.38. The van der Waals surface area contributed by atoms with Crippen molar-refractivity contribution in [2.24, 2.45) is 0 Å². The van der Waals surface area contributed by atoms with Crippen molar-refractivity contribution in [1.29, 1.82) is 0 Å². The van der Waals surface area contributed by atoms with Crippen molar-refractivity contribution in [1.82, 2.24) is 0 Å². The van der Waals surface area contributed by atoms with Crippen molar-refractivity contribution >= 4 is 11.9 Å². The molecule has 5 nitrogen and oxygen atoms in total. The van der Waals surface area contributed by atoms with Gasteiger partial charge in [-0.1, -0.05) is 6.92 Å². The van der Waals surface area contributed by atoms with Gasteiger partial charge in [-0.25, -0.2) is 4.79 Å². The molecular weight excluding hydrogens is 176 g/mol. The molecule has 2 atom stereocenters. The van der Waals surface area contributed by atoms with Gasteiger partial charge in [0.15, 0.2) is 6.10 Å². The lowest BCUT2D eigenvalue weighted by molar-refractivity contribution is -0.165. The quantitative estimate of drug-likeness (QED) is 0.603. The van der Waals surface area contributed by atoms with Gasteiger partial charge in [-0.15, -0.1) is 0 Å². The van der Waals surface area contributed by atoms with Crippen LogP contribution in [0.15, 0.2) is 0 Å². The number of ether oxygens (including phenoxy) is 1. The molecule has 0 saturated heterocycles. The van der Waals surface area contributed by atoms with Crippen molar-refractivity contribution in [3.05, 3.63) is 0 Å². The minimum absolute atomic E-state index is 0.177. The topological polar surface area (TPSA) is 83.8 Å².